The molecule has 0 aromatic heterocycles. The van der Waals surface area contributed by atoms with Crippen LogP contribution in [-0.4, -0.2) is 30.5 Å². The number of non-ortho nitro benzene ring substituents is 1. The lowest BCUT2D eigenvalue weighted by Gasteiger charge is -2.10. The van der Waals surface area contributed by atoms with E-state index in [2.05, 4.69) is 5.32 Å². The summed E-state index contributed by atoms with van der Waals surface area (Å²) in [7, 11) is 1.50. The number of hydrogen-bond acceptors (Lipinski definition) is 6. The Morgan fingerprint density at radius 3 is 2.59 bits per heavy atom. The Morgan fingerprint density at radius 1 is 1.22 bits per heavy atom. The molecule has 0 aliphatic heterocycles. The fraction of sp³-hybridized carbons (Fsp3) is 0.222. The highest BCUT2D eigenvalue weighted by Gasteiger charge is 2.14. The Balaban J connectivity index is 1.91. The van der Waals surface area contributed by atoms with Crippen LogP contribution < -0.4 is 10.1 Å². The highest BCUT2D eigenvalue weighted by Crippen LogP contribution is 2.26. The number of nitrogens with zero attached hydrogens (tertiary/aromatic N) is 1. The number of nitro groups is 1. The van der Waals surface area contributed by atoms with Crippen LogP contribution in [0.3, 0.4) is 0 Å². The summed E-state index contributed by atoms with van der Waals surface area (Å²) in [5.74, 6) is -0.654. The van der Waals surface area contributed by atoms with E-state index in [-0.39, 0.29) is 22.8 Å². The SMILES string of the molecule is COc1ccc(C)cc1CC(=O)OCC(=O)Nc1ccc([N+](=O)[O-])cc1Cl. The molecule has 8 nitrogen and oxygen atoms in total. The van der Waals surface area contributed by atoms with Crippen molar-refractivity contribution in [1.82, 2.24) is 0 Å². The topological polar surface area (TPSA) is 108 Å². The number of esters is 1. The van der Waals surface area contributed by atoms with Crippen molar-refractivity contribution in [1.29, 1.82) is 0 Å². The number of nitro benzene ring substituents is 1. The van der Waals surface area contributed by atoms with Crippen LogP contribution in [0.15, 0.2) is 36.4 Å². The molecule has 0 heterocycles. The number of anilines is 1. The number of hydrogen-bond donors (Lipinski definition) is 1. The zero-order valence-corrected chi connectivity index (χ0v) is 15.4. The van der Waals surface area contributed by atoms with Crippen molar-refractivity contribution < 1.29 is 24.0 Å². The molecule has 0 bridgehead atoms. The summed E-state index contributed by atoms with van der Waals surface area (Å²) in [4.78, 5) is 34.0. The first-order chi connectivity index (χ1) is 12.8. The molecule has 1 N–H and O–H groups in total. The van der Waals surface area contributed by atoms with Crippen LogP contribution in [0.1, 0.15) is 11.1 Å². The maximum Gasteiger partial charge on any atom is 0.310 e. The van der Waals surface area contributed by atoms with E-state index in [1.807, 2.05) is 13.0 Å². The van der Waals surface area contributed by atoms with E-state index in [1.54, 1.807) is 12.1 Å². The highest BCUT2D eigenvalue weighted by atomic mass is 35.5. The molecule has 0 unspecified atom stereocenters. The molecule has 9 heteroatoms. The molecule has 0 saturated carbocycles. The Morgan fingerprint density at radius 2 is 1.96 bits per heavy atom. The molecule has 0 aliphatic carbocycles. The van der Waals surface area contributed by atoms with E-state index in [0.717, 1.165) is 11.6 Å². The Hall–Kier alpha value is -3.13. The summed E-state index contributed by atoms with van der Waals surface area (Å²) in [5, 5.41) is 13.1. The number of aryl methyl sites for hydroxylation is 1. The number of rotatable bonds is 7. The predicted octanol–water partition coefficient (Wildman–Crippen LogP) is 3.29. The smallest absolute Gasteiger partial charge is 0.310 e. The van der Waals surface area contributed by atoms with E-state index in [9.17, 15) is 19.7 Å². The van der Waals surface area contributed by atoms with Crippen molar-refractivity contribution in [3.05, 3.63) is 62.7 Å². The van der Waals surface area contributed by atoms with Crippen molar-refractivity contribution in [2.24, 2.45) is 0 Å². The third-order valence-corrected chi connectivity index (χ3v) is 3.89. The van der Waals surface area contributed by atoms with Gasteiger partial charge in [0.05, 0.1) is 29.2 Å². The minimum absolute atomic E-state index is 0.00775. The fourth-order valence-electron chi connectivity index (χ4n) is 2.30. The van der Waals surface area contributed by atoms with Gasteiger partial charge >= 0.3 is 5.97 Å². The number of carbonyl (C=O) groups excluding carboxylic acids is 2. The summed E-state index contributed by atoms with van der Waals surface area (Å²) in [5.41, 5.74) is 1.60. The van der Waals surface area contributed by atoms with E-state index in [0.29, 0.717) is 11.3 Å². The van der Waals surface area contributed by atoms with Gasteiger partial charge in [0.2, 0.25) is 0 Å². The lowest BCUT2D eigenvalue weighted by atomic mass is 10.1. The van der Waals surface area contributed by atoms with Crippen molar-refractivity contribution in [2.45, 2.75) is 13.3 Å². The quantitative estimate of drug-likeness (QED) is 0.440. The second-order valence-corrected chi connectivity index (χ2v) is 6.03. The number of methoxy groups -OCH3 is 1. The Kier molecular flexibility index (Phi) is 6.73. The van der Waals surface area contributed by atoms with Gasteiger partial charge in [0, 0.05) is 17.7 Å². The molecule has 2 aromatic carbocycles. The highest BCUT2D eigenvalue weighted by molar-refractivity contribution is 6.34. The minimum atomic E-state index is -0.615. The Bertz CT molecular complexity index is 884. The average Bonchev–Trinajstić information content (AvgIpc) is 2.61. The number of ether oxygens (including phenoxy) is 2. The van der Waals surface area contributed by atoms with Crippen molar-refractivity contribution in [3.8, 4) is 5.75 Å². The molecule has 0 fully saturated rings. The summed E-state index contributed by atoms with van der Waals surface area (Å²) < 4.78 is 10.2. The molecule has 142 valence electrons. The number of carbonyl (C=O) groups is 2. The van der Waals surface area contributed by atoms with Gasteiger partial charge in [-0.05, 0) is 19.1 Å². The fourth-order valence-corrected chi connectivity index (χ4v) is 2.53. The first-order valence-electron chi connectivity index (χ1n) is 7.83. The van der Waals surface area contributed by atoms with E-state index >= 15 is 0 Å². The predicted molar refractivity (Wildman–Crippen MR) is 99.1 cm³/mol. The van der Waals surface area contributed by atoms with Gasteiger partial charge in [-0.3, -0.25) is 19.7 Å². The van der Waals surface area contributed by atoms with Gasteiger partial charge in [-0.15, -0.1) is 0 Å². The standard InChI is InChI=1S/C18H17ClN2O6/c1-11-3-6-16(26-2)12(7-11)8-18(23)27-10-17(22)20-15-5-4-13(21(24)25)9-14(15)19/h3-7,9H,8,10H2,1-2H3,(H,20,22). The number of benzene rings is 2. The summed E-state index contributed by atoms with van der Waals surface area (Å²) in [6.45, 7) is 1.37. The van der Waals surface area contributed by atoms with Crippen LogP contribution in [0.5, 0.6) is 5.75 Å². The van der Waals surface area contributed by atoms with Crippen molar-refractivity contribution in [3.63, 3.8) is 0 Å². The molecule has 27 heavy (non-hydrogen) atoms. The third-order valence-electron chi connectivity index (χ3n) is 3.57. The van der Waals surface area contributed by atoms with Gasteiger partial charge in [-0.1, -0.05) is 29.3 Å². The first kappa shape index (κ1) is 20.2. The van der Waals surface area contributed by atoms with Gasteiger partial charge < -0.3 is 14.8 Å². The van der Waals surface area contributed by atoms with E-state index in [4.69, 9.17) is 21.1 Å². The van der Waals surface area contributed by atoms with E-state index in [1.165, 1.54) is 19.2 Å². The van der Waals surface area contributed by atoms with Crippen LogP contribution in [0.25, 0.3) is 0 Å². The van der Waals surface area contributed by atoms with Gasteiger partial charge in [0.1, 0.15) is 5.75 Å². The summed E-state index contributed by atoms with van der Waals surface area (Å²) >= 11 is 5.89. The number of amides is 1. The molecular formula is C18H17ClN2O6. The number of nitrogens with one attached hydrogen (secondary N) is 1. The summed E-state index contributed by atoms with van der Waals surface area (Å²) in [6.07, 6.45) is -0.0452. The van der Waals surface area contributed by atoms with E-state index < -0.39 is 23.4 Å². The molecule has 2 rings (SSSR count). The monoisotopic (exact) mass is 392 g/mol. The molecule has 0 spiro atoms. The van der Waals surface area contributed by atoms with Crippen LogP contribution >= 0.6 is 11.6 Å². The molecule has 0 saturated heterocycles. The maximum absolute atomic E-state index is 12.0. The van der Waals surface area contributed by atoms with Gasteiger partial charge in [-0.25, -0.2) is 0 Å². The number of halogens is 1. The zero-order valence-electron chi connectivity index (χ0n) is 14.7. The Labute approximate surface area is 160 Å². The third kappa shape index (κ3) is 5.68. The average molecular weight is 393 g/mol. The molecular weight excluding hydrogens is 376 g/mol. The van der Waals surface area contributed by atoms with Crippen molar-refractivity contribution >= 4 is 34.9 Å². The van der Waals surface area contributed by atoms with Gasteiger partial charge in [-0.2, -0.15) is 0 Å². The normalized spacial score (nSPS) is 10.2. The molecule has 0 aliphatic rings. The second kappa shape index (κ2) is 9.00. The maximum atomic E-state index is 12.0. The lowest BCUT2D eigenvalue weighted by molar-refractivity contribution is -0.384. The van der Waals surface area contributed by atoms with Gasteiger partial charge in [0.25, 0.3) is 11.6 Å². The van der Waals surface area contributed by atoms with Crippen LogP contribution in [0, 0.1) is 17.0 Å². The van der Waals surface area contributed by atoms with Crippen molar-refractivity contribution in [2.75, 3.05) is 19.0 Å². The molecule has 1 amide bonds. The van der Waals surface area contributed by atoms with Crippen LogP contribution in [-0.2, 0) is 20.7 Å². The first-order valence-corrected chi connectivity index (χ1v) is 8.21. The van der Waals surface area contributed by atoms with Gasteiger partial charge in [0.15, 0.2) is 6.61 Å². The molecule has 2 aromatic rings. The van der Waals surface area contributed by atoms with Crippen LogP contribution in [0.4, 0.5) is 11.4 Å². The minimum Gasteiger partial charge on any atom is -0.496 e. The lowest BCUT2D eigenvalue weighted by Crippen LogP contribution is -2.22. The zero-order chi connectivity index (χ0) is 20.0. The second-order valence-electron chi connectivity index (χ2n) is 5.62. The molecule has 0 radical (unpaired) electrons. The summed E-state index contributed by atoms with van der Waals surface area (Å²) in [6, 6.07) is 9.04. The van der Waals surface area contributed by atoms with Crippen LogP contribution in [0.2, 0.25) is 5.02 Å². The largest absolute Gasteiger partial charge is 0.496 e. The molecule has 0 atom stereocenters.